The third-order valence-corrected chi connectivity index (χ3v) is 3.84. The van der Waals surface area contributed by atoms with Crippen LogP contribution in [0.25, 0.3) is 0 Å². The Labute approximate surface area is 152 Å². The highest BCUT2D eigenvalue weighted by molar-refractivity contribution is 5.27. The maximum atomic E-state index is 5.25. The molecule has 5 heteroatoms. The average molecular weight is 345 g/mol. The lowest BCUT2D eigenvalue weighted by Gasteiger charge is -2.12. The maximum Gasteiger partial charge on any atom is 0.219 e. The van der Waals surface area contributed by atoms with Crippen LogP contribution in [0.15, 0.2) is 18.6 Å². The number of methoxy groups -OCH3 is 1. The van der Waals surface area contributed by atoms with Crippen molar-refractivity contribution in [1.29, 1.82) is 0 Å². The first-order valence-electron chi connectivity index (χ1n) is 9.01. The van der Waals surface area contributed by atoms with Gasteiger partial charge in [-0.15, -0.1) is 0 Å². The number of nitrogens with zero attached hydrogens (tertiary/aromatic N) is 4. The van der Waals surface area contributed by atoms with Crippen molar-refractivity contribution in [3.63, 3.8) is 0 Å². The van der Waals surface area contributed by atoms with Crippen LogP contribution in [-0.4, -0.2) is 27.0 Å². The van der Waals surface area contributed by atoms with Crippen LogP contribution >= 0.6 is 0 Å². The molecule has 0 aliphatic rings. The minimum Gasteiger partial charge on any atom is -0.481 e. The molecule has 0 amide bonds. The second-order valence-electron chi connectivity index (χ2n) is 6.94. The van der Waals surface area contributed by atoms with Crippen LogP contribution in [0, 0.1) is 0 Å². The van der Waals surface area contributed by atoms with Crippen LogP contribution < -0.4 is 4.74 Å². The summed E-state index contributed by atoms with van der Waals surface area (Å²) in [6.45, 7) is 14.7. The van der Waals surface area contributed by atoms with E-state index in [2.05, 4.69) is 68.4 Å². The highest BCUT2D eigenvalue weighted by atomic mass is 16.5. The lowest BCUT2D eigenvalue weighted by atomic mass is 10.1. The topological polar surface area (TPSA) is 60.8 Å². The first-order valence-corrected chi connectivity index (χ1v) is 9.01. The van der Waals surface area contributed by atoms with Crippen molar-refractivity contribution in [2.45, 2.75) is 72.6 Å². The van der Waals surface area contributed by atoms with Gasteiger partial charge in [0, 0.05) is 36.5 Å². The second kappa shape index (κ2) is 10.1. The van der Waals surface area contributed by atoms with Gasteiger partial charge in [-0.2, -0.15) is 4.98 Å². The average Bonchev–Trinajstić information content (AvgIpc) is 2.61. The van der Waals surface area contributed by atoms with E-state index >= 15 is 0 Å². The van der Waals surface area contributed by atoms with Crippen LogP contribution in [0.2, 0.25) is 0 Å². The molecule has 0 radical (unpaired) electrons. The Morgan fingerprint density at radius 3 is 1.84 bits per heavy atom. The summed E-state index contributed by atoms with van der Waals surface area (Å²) in [5.41, 5.74) is 2.28. The summed E-state index contributed by atoms with van der Waals surface area (Å²) in [7, 11) is 1.65. The lowest BCUT2D eigenvalue weighted by Crippen LogP contribution is -2.04. The molecule has 0 aliphatic heterocycles. The number of hydrogen-bond acceptors (Lipinski definition) is 5. The molecule has 0 bridgehead atoms. The Bertz CT molecular complexity index is 637. The van der Waals surface area contributed by atoms with Crippen LogP contribution in [0.4, 0.5) is 0 Å². The first kappa shape index (κ1) is 21.0. The van der Waals surface area contributed by atoms with Crippen molar-refractivity contribution in [3.05, 3.63) is 41.4 Å². The van der Waals surface area contributed by atoms with Crippen LogP contribution in [-0.2, 0) is 6.42 Å². The fraction of sp³-hybridized carbons (Fsp3) is 0.600. The van der Waals surface area contributed by atoms with E-state index in [1.165, 1.54) is 5.56 Å². The van der Waals surface area contributed by atoms with Gasteiger partial charge in [0.2, 0.25) is 5.88 Å². The van der Waals surface area contributed by atoms with Crippen LogP contribution in [0.1, 0.15) is 89.0 Å². The molecule has 2 rings (SSSR count). The van der Waals surface area contributed by atoms with Crippen molar-refractivity contribution >= 4 is 0 Å². The molecule has 138 valence electrons. The van der Waals surface area contributed by atoms with Gasteiger partial charge >= 0.3 is 0 Å². The molecule has 0 aliphatic carbocycles. The zero-order valence-corrected chi connectivity index (χ0v) is 16.9. The normalized spacial score (nSPS) is 10.8. The highest BCUT2D eigenvalue weighted by Gasteiger charge is 2.12. The number of aryl methyl sites for hydroxylation is 1. The molecule has 0 N–H and O–H groups in total. The molecule has 25 heavy (non-hydrogen) atoms. The Morgan fingerprint density at radius 1 is 0.840 bits per heavy atom. The standard InChI is InChI=1S/C11H18N2O.C9H14N2/c1-7(2)9-6-12-10(8(3)4)13-11(9)14-5;1-4-9-10-5-8(6-11-9)7(2)3/h6-8H,1-5H3;5-7H,4H2,1-3H3. The van der Waals surface area contributed by atoms with E-state index in [9.17, 15) is 0 Å². The monoisotopic (exact) mass is 344 g/mol. The van der Waals surface area contributed by atoms with E-state index in [0.29, 0.717) is 23.6 Å². The van der Waals surface area contributed by atoms with Gasteiger partial charge in [0.15, 0.2) is 0 Å². The zero-order valence-electron chi connectivity index (χ0n) is 16.9. The van der Waals surface area contributed by atoms with Crippen molar-refractivity contribution in [2.24, 2.45) is 0 Å². The summed E-state index contributed by atoms with van der Waals surface area (Å²) in [6.07, 6.45) is 6.61. The molecule has 2 heterocycles. The fourth-order valence-corrected chi connectivity index (χ4v) is 2.07. The smallest absolute Gasteiger partial charge is 0.219 e. The van der Waals surface area contributed by atoms with E-state index in [0.717, 1.165) is 23.6 Å². The molecule has 0 spiro atoms. The molecular weight excluding hydrogens is 312 g/mol. The molecule has 2 aromatic heterocycles. The predicted molar refractivity (Wildman–Crippen MR) is 102 cm³/mol. The SMILES string of the molecule is CCc1ncc(C(C)C)cn1.COc1nc(C(C)C)ncc1C(C)C. The summed E-state index contributed by atoms with van der Waals surface area (Å²) in [6, 6.07) is 0. The molecule has 0 aromatic carbocycles. The van der Waals surface area contributed by atoms with E-state index in [1.54, 1.807) is 7.11 Å². The third-order valence-electron chi connectivity index (χ3n) is 3.84. The molecule has 0 fully saturated rings. The van der Waals surface area contributed by atoms with Crippen molar-refractivity contribution in [2.75, 3.05) is 7.11 Å². The Hall–Kier alpha value is -2.04. The van der Waals surface area contributed by atoms with Gasteiger partial charge in [0.25, 0.3) is 0 Å². The largest absolute Gasteiger partial charge is 0.481 e. The predicted octanol–water partition coefficient (Wildman–Crippen LogP) is 4.89. The lowest BCUT2D eigenvalue weighted by molar-refractivity contribution is 0.386. The van der Waals surface area contributed by atoms with Gasteiger partial charge in [-0.3, -0.25) is 0 Å². The molecule has 0 saturated heterocycles. The third kappa shape index (κ3) is 6.40. The number of ether oxygens (including phenoxy) is 1. The molecule has 0 atom stereocenters. The summed E-state index contributed by atoms with van der Waals surface area (Å²) in [5.74, 6) is 3.73. The number of aromatic nitrogens is 4. The van der Waals surface area contributed by atoms with Crippen molar-refractivity contribution in [3.8, 4) is 5.88 Å². The molecular formula is C20H32N4O. The Morgan fingerprint density at radius 2 is 1.44 bits per heavy atom. The number of hydrogen-bond donors (Lipinski definition) is 0. The summed E-state index contributed by atoms with van der Waals surface area (Å²) in [5, 5.41) is 0. The summed E-state index contributed by atoms with van der Waals surface area (Å²) < 4.78 is 5.25. The minimum atomic E-state index is 0.338. The summed E-state index contributed by atoms with van der Waals surface area (Å²) >= 11 is 0. The van der Waals surface area contributed by atoms with Gasteiger partial charge in [-0.05, 0) is 17.4 Å². The van der Waals surface area contributed by atoms with Crippen LogP contribution in [0.5, 0.6) is 5.88 Å². The highest BCUT2D eigenvalue weighted by Crippen LogP contribution is 2.24. The van der Waals surface area contributed by atoms with E-state index in [4.69, 9.17) is 4.74 Å². The fourth-order valence-electron chi connectivity index (χ4n) is 2.07. The Kier molecular flexibility index (Phi) is 8.46. The van der Waals surface area contributed by atoms with E-state index in [1.807, 2.05) is 18.6 Å². The van der Waals surface area contributed by atoms with Gasteiger partial charge in [0.05, 0.1) is 7.11 Å². The second-order valence-corrected chi connectivity index (χ2v) is 6.94. The van der Waals surface area contributed by atoms with E-state index in [-0.39, 0.29) is 0 Å². The Balaban J connectivity index is 0.000000257. The van der Waals surface area contributed by atoms with Crippen molar-refractivity contribution < 1.29 is 4.74 Å². The quantitative estimate of drug-likeness (QED) is 0.772. The van der Waals surface area contributed by atoms with Gasteiger partial charge in [0.1, 0.15) is 11.6 Å². The van der Waals surface area contributed by atoms with Gasteiger partial charge in [-0.25, -0.2) is 15.0 Å². The first-order chi connectivity index (χ1) is 11.8. The zero-order chi connectivity index (χ0) is 19.0. The summed E-state index contributed by atoms with van der Waals surface area (Å²) in [4.78, 5) is 17.1. The molecule has 2 aromatic rings. The molecule has 0 unspecified atom stereocenters. The van der Waals surface area contributed by atoms with E-state index < -0.39 is 0 Å². The maximum absolute atomic E-state index is 5.25. The van der Waals surface area contributed by atoms with Gasteiger partial charge in [-0.1, -0.05) is 48.5 Å². The number of rotatable bonds is 5. The van der Waals surface area contributed by atoms with Crippen molar-refractivity contribution in [1.82, 2.24) is 19.9 Å². The molecule has 5 nitrogen and oxygen atoms in total. The molecule has 0 saturated carbocycles. The minimum absolute atomic E-state index is 0.338. The van der Waals surface area contributed by atoms with Crippen LogP contribution in [0.3, 0.4) is 0 Å². The van der Waals surface area contributed by atoms with Gasteiger partial charge < -0.3 is 4.74 Å².